The van der Waals surface area contributed by atoms with Crippen LogP contribution < -0.4 is 0 Å². The Morgan fingerprint density at radius 1 is 1.19 bits per heavy atom. The number of rotatable bonds is 10. The van der Waals surface area contributed by atoms with Crippen LogP contribution in [0.2, 0.25) is 0 Å². The maximum absolute atomic E-state index is 10.4. The molecule has 2 rings (SSSR count). The van der Waals surface area contributed by atoms with Gasteiger partial charge in [-0.1, -0.05) is 49.7 Å². The molecule has 3 heteroatoms. The highest BCUT2D eigenvalue weighted by Gasteiger charge is 2.43. The first kappa shape index (κ1) is 21.5. The molecule has 0 spiro atoms. The van der Waals surface area contributed by atoms with Crippen LogP contribution in [-0.4, -0.2) is 48.0 Å². The van der Waals surface area contributed by atoms with E-state index < -0.39 is 6.10 Å². The van der Waals surface area contributed by atoms with Gasteiger partial charge in [0, 0.05) is 0 Å². The standard InChI is InChI=1S/C23H39NO2/c1-4-5-7-11-20(25)12-13-21-22-16-18(15-19(22)17-23(21)26)10-8-6-9-14-24(2)3/h15,19-23,25-26H,4-11,14,16-17H2,1-3H3/t19-,20+,21+,22-,23+/m0/s1. The van der Waals surface area contributed by atoms with Crippen LogP contribution in [0.15, 0.2) is 11.6 Å². The fourth-order valence-corrected chi connectivity index (χ4v) is 4.49. The number of hydrogen-bond donors (Lipinski definition) is 2. The Kier molecular flexibility index (Phi) is 9.19. The second-order valence-corrected chi connectivity index (χ2v) is 8.60. The molecule has 2 aliphatic rings. The van der Waals surface area contributed by atoms with Crippen LogP contribution >= 0.6 is 0 Å². The van der Waals surface area contributed by atoms with Crippen molar-refractivity contribution in [3.8, 4) is 11.8 Å². The van der Waals surface area contributed by atoms with Gasteiger partial charge in [-0.25, -0.2) is 0 Å². The van der Waals surface area contributed by atoms with Gasteiger partial charge < -0.3 is 15.1 Å². The van der Waals surface area contributed by atoms with Crippen LogP contribution in [-0.2, 0) is 0 Å². The Balaban J connectivity index is 1.76. The third-order valence-corrected chi connectivity index (χ3v) is 5.99. The van der Waals surface area contributed by atoms with Crippen molar-refractivity contribution < 1.29 is 10.2 Å². The van der Waals surface area contributed by atoms with Gasteiger partial charge in [0.2, 0.25) is 0 Å². The summed E-state index contributed by atoms with van der Waals surface area (Å²) in [5.41, 5.74) is 1.58. The molecule has 5 atom stereocenters. The summed E-state index contributed by atoms with van der Waals surface area (Å²) in [6.45, 7) is 3.34. The zero-order chi connectivity index (χ0) is 18.9. The Morgan fingerprint density at radius 3 is 2.73 bits per heavy atom. The van der Waals surface area contributed by atoms with Gasteiger partial charge >= 0.3 is 0 Å². The number of nitrogens with zero attached hydrogens (tertiary/aromatic N) is 1. The van der Waals surface area contributed by atoms with Crippen LogP contribution in [0.5, 0.6) is 0 Å². The molecule has 1 fully saturated rings. The number of unbranched alkanes of at least 4 members (excludes halogenated alkanes) is 4. The van der Waals surface area contributed by atoms with E-state index in [9.17, 15) is 10.2 Å². The summed E-state index contributed by atoms with van der Waals surface area (Å²) in [5.74, 6) is 7.29. The lowest BCUT2D eigenvalue weighted by atomic mass is 9.89. The van der Waals surface area contributed by atoms with Crippen LogP contribution in [0.25, 0.3) is 0 Å². The molecule has 3 nitrogen and oxygen atoms in total. The minimum absolute atomic E-state index is 0.0447. The predicted octanol–water partition coefficient (Wildman–Crippen LogP) is 4.00. The largest absolute Gasteiger partial charge is 0.392 e. The minimum atomic E-state index is -0.529. The lowest BCUT2D eigenvalue weighted by Gasteiger charge is -2.16. The molecule has 2 aliphatic carbocycles. The van der Waals surface area contributed by atoms with Gasteiger partial charge in [-0.05, 0) is 77.4 Å². The van der Waals surface area contributed by atoms with Gasteiger partial charge in [-0.2, -0.15) is 0 Å². The van der Waals surface area contributed by atoms with Gasteiger partial charge in [0.15, 0.2) is 0 Å². The molecular formula is C23H39NO2. The molecule has 26 heavy (non-hydrogen) atoms. The molecule has 2 N–H and O–H groups in total. The molecule has 0 radical (unpaired) electrons. The zero-order valence-corrected chi connectivity index (χ0v) is 17.1. The highest BCUT2D eigenvalue weighted by Crippen LogP contribution is 2.47. The average Bonchev–Trinajstić information content (AvgIpc) is 3.09. The first-order valence-electron chi connectivity index (χ1n) is 10.7. The van der Waals surface area contributed by atoms with Gasteiger partial charge in [0.05, 0.1) is 12.0 Å². The predicted molar refractivity (Wildman–Crippen MR) is 109 cm³/mol. The van der Waals surface area contributed by atoms with E-state index >= 15 is 0 Å². The van der Waals surface area contributed by atoms with E-state index in [1.165, 1.54) is 32.2 Å². The van der Waals surface area contributed by atoms with E-state index in [0.29, 0.717) is 11.8 Å². The summed E-state index contributed by atoms with van der Waals surface area (Å²) >= 11 is 0. The quantitative estimate of drug-likeness (QED) is 0.351. The van der Waals surface area contributed by atoms with Crippen molar-refractivity contribution in [1.82, 2.24) is 4.90 Å². The molecule has 0 aliphatic heterocycles. The van der Waals surface area contributed by atoms with Crippen molar-refractivity contribution in [1.29, 1.82) is 0 Å². The first-order valence-corrected chi connectivity index (χ1v) is 10.7. The second-order valence-electron chi connectivity index (χ2n) is 8.60. The van der Waals surface area contributed by atoms with Crippen molar-refractivity contribution in [2.45, 2.75) is 83.3 Å². The van der Waals surface area contributed by atoms with E-state index in [-0.39, 0.29) is 12.0 Å². The molecule has 0 aromatic heterocycles. The molecule has 0 amide bonds. The average molecular weight is 362 g/mol. The van der Waals surface area contributed by atoms with E-state index in [1.807, 2.05) is 0 Å². The van der Waals surface area contributed by atoms with Crippen molar-refractivity contribution in [3.63, 3.8) is 0 Å². The Morgan fingerprint density at radius 2 is 2.00 bits per heavy atom. The van der Waals surface area contributed by atoms with Gasteiger partial charge in [0.25, 0.3) is 0 Å². The lowest BCUT2D eigenvalue weighted by Crippen LogP contribution is -2.18. The van der Waals surface area contributed by atoms with Crippen LogP contribution in [0.1, 0.15) is 71.1 Å². The zero-order valence-electron chi connectivity index (χ0n) is 17.1. The molecule has 0 heterocycles. The summed E-state index contributed by atoms with van der Waals surface area (Å²) in [6, 6.07) is 0. The maximum atomic E-state index is 10.4. The fraction of sp³-hybridized carbons (Fsp3) is 0.826. The van der Waals surface area contributed by atoms with Gasteiger partial charge in [-0.15, -0.1) is 0 Å². The maximum Gasteiger partial charge on any atom is 0.114 e. The van der Waals surface area contributed by atoms with Crippen molar-refractivity contribution in [2.24, 2.45) is 17.8 Å². The summed E-state index contributed by atoms with van der Waals surface area (Å²) < 4.78 is 0. The van der Waals surface area contributed by atoms with E-state index in [0.717, 1.165) is 38.5 Å². The number of allylic oxidation sites excluding steroid dienone is 2. The Labute approximate surface area is 160 Å². The summed E-state index contributed by atoms with van der Waals surface area (Å²) in [7, 11) is 4.27. The monoisotopic (exact) mass is 361 g/mol. The number of fused-ring (bicyclic) bond motifs is 1. The molecular weight excluding hydrogens is 322 g/mol. The summed E-state index contributed by atoms with van der Waals surface area (Å²) in [4.78, 5) is 2.25. The molecule has 0 saturated heterocycles. The SMILES string of the molecule is CCCCC[C@@H](O)C#C[C@@H]1[C@H]2CC(CCCCCN(C)C)=C[C@H]2C[C@H]1O. The van der Waals surface area contributed by atoms with Crippen LogP contribution in [0.3, 0.4) is 0 Å². The van der Waals surface area contributed by atoms with E-state index in [2.05, 4.69) is 43.8 Å². The van der Waals surface area contributed by atoms with Crippen molar-refractivity contribution >= 4 is 0 Å². The molecule has 0 aromatic carbocycles. The fourth-order valence-electron chi connectivity index (χ4n) is 4.49. The molecule has 148 valence electrons. The molecule has 0 aromatic rings. The third kappa shape index (κ3) is 6.72. The number of aliphatic hydroxyl groups excluding tert-OH is 2. The third-order valence-electron chi connectivity index (χ3n) is 5.99. The summed E-state index contributed by atoms with van der Waals surface area (Å²) in [6.07, 6.45) is 12.7. The number of aliphatic hydroxyl groups is 2. The van der Waals surface area contributed by atoms with Crippen molar-refractivity contribution in [2.75, 3.05) is 20.6 Å². The van der Waals surface area contributed by atoms with Crippen LogP contribution in [0, 0.1) is 29.6 Å². The number of hydrogen-bond acceptors (Lipinski definition) is 3. The molecule has 1 saturated carbocycles. The second kappa shape index (κ2) is 11.1. The van der Waals surface area contributed by atoms with E-state index in [1.54, 1.807) is 5.57 Å². The first-order chi connectivity index (χ1) is 12.5. The van der Waals surface area contributed by atoms with Gasteiger partial charge in [0.1, 0.15) is 6.10 Å². The van der Waals surface area contributed by atoms with E-state index in [4.69, 9.17) is 0 Å². The molecule has 0 unspecified atom stereocenters. The highest BCUT2D eigenvalue weighted by atomic mass is 16.3. The molecule has 0 bridgehead atoms. The minimum Gasteiger partial charge on any atom is -0.392 e. The smallest absolute Gasteiger partial charge is 0.114 e. The Bertz CT molecular complexity index is 502. The highest BCUT2D eigenvalue weighted by molar-refractivity contribution is 5.24. The van der Waals surface area contributed by atoms with Crippen molar-refractivity contribution in [3.05, 3.63) is 11.6 Å². The summed E-state index contributed by atoms with van der Waals surface area (Å²) in [5, 5.41) is 20.4. The normalized spacial score (nSPS) is 28.6. The lowest BCUT2D eigenvalue weighted by molar-refractivity contribution is 0.145. The van der Waals surface area contributed by atoms with Gasteiger partial charge in [-0.3, -0.25) is 0 Å². The topological polar surface area (TPSA) is 43.7 Å². The Hall–Kier alpha value is -0.820. The van der Waals surface area contributed by atoms with Crippen LogP contribution in [0.4, 0.5) is 0 Å².